The highest BCUT2D eigenvalue weighted by Crippen LogP contribution is 2.66. The molecule has 4 amide bonds. The zero-order chi connectivity index (χ0) is 32.9. The molecule has 46 heavy (non-hydrogen) atoms. The van der Waals surface area contributed by atoms with E-state index in [-0.39, 0.29) is 35.6 Å². The lowest BCUT2D eigenvalue weighted by atomic mass is 9.56. The van der Waals surface area contributed by atoms with E-state index in [0.29, 0.717) is 16.3 Å². The second-order valence-corrected chi connectivity index (χ2v) is 13.7. The Morgan fingerprint density at radius 2 is 1.61 bits per heavy atom. The number of anilines is 2. The van der Waals surface area contributed by atoms with Crippen LogP contribution in [0.25, 0.3) is 0 Å². The van der Waals surface area contributed by atoms with Gasteiger partial charge in [0.1, 0.15) is 5.82 Å². The number of amides is 4. The highest BCUT2D eigenvalue weighted by Gasteiger charge is 2.77. The van der Waals surface area contributed by atoms with Crippen LogP contribution >= 0.6 is 34.8 Å². The molecule has 2 aliphatic heterocycles. The second kappa shape index (κ2) is 10.6. The van der Waals surface area contributed by atoms with E-state index in [1.54, 1.807) is 43.3 Å². The molecule has 3 aromatic carbocycles. The number of carbonyl (C=O) groups is 4. The quantitative estimate of drug-likeness (QED) is 0.198. The van der Waals surface area contributed by atoms with Crippen molar-refractivity contribution < 1.29 is 33.4 Å². The van der Waals surface area contributed by atoms with E-state index in [1.165, 1.54) is 25.3 Å². The average Bonchev–Trinajstić information content (AvgIpc) is 3.37. The summed E-state index contributed by atoms with van der Waals surface area (Å²) in [5, 5.41) is 11.8. The van der Waals surface area contributed by atoms with E-state index >= 15 is 0 Å². The van der Waals surface area contributed by atoms with Gasteiger partial charge in [0.25, 0.3) is 11.8 Å². The van der Waals surface area contributed by atoms with E-state index < -0.39 is 62.9 Å². The first-order valence-electron chi connectivity index (χ1n) is 14.6. The van der Waals surface area contributed by atoms with Gasteiger partial charge in [0.05, 0.1) is 30.3 Å². The molecule has 1 N–H and O–H groups in total. The van der Waals surface area contributed by atoms with E-state index in [2.05, 4.69) is 0 Å². The van der Waals surface area contributed by atoms with Crippen LogP contribution in [-0.4, -0.2) is 45.6 Å². The molecule has 0 unspecified atom stereocenters. The van der Waals surface area contributed by atoms with Crippen molar-refractivity contribution in [3.63, 3.8) is 0 Å². The largest absolute Gasteiger partial charge is 0.504 e. The van der Waals surface area contributed by atoms with Gasteiger partial charge in [-0.2, -0.15) is 0 Å². The Morgan fingerprint density at radius 1 is 0.913 bits per heavy atom. The zero-order valence-corrected chi connectivity index (χ0v) is 26.7. The summed E-state index contributed by atoms with van der Waals surface area (Å²) in [5.41, 5.74) is 1.82. The van der Waals surface area contributed by atoms with Crippen molar-refractivity contribution in [2.24, 2.45) is 17.8 Å². The van der Waals surface area contributed by atoms with Gasteiger partial charge in [0, 0.05) is 16.5 Å². The summed E-state index contributed by atoms with van der Waals surface area (Å²) in [5.74, 6) is -7.17. The van der Waals surface area contributed by atoms with Crippen LogP contribution in [0.15, 0.2) is 72.3 Å². The summed E-state index contributed by atoms with van der Waals surface area (Å²) in [6.07, 6.45) is 1.66. The normalized spacial score (nSPS) is 30.3. The molecule has 1 saturated carbocycles. The number of benzene rings is 3. The molecule has 3 fully saturated rings. The third-order valence-electron chi connectivity index (χ3n) is 9.87. The molecule has 7 rings (SSSR count). The lowest BCUT2D eigenvalue weighted by Gasteiger charge is -2.50. The maximum absolute atomic E-state index is 14.4. The summed E-state index contributed by atoms with van der Waals surface area (Å²) in [6, 6.07) is 14.4. The van der Waals surface area contributed by atoms with Crippen LogP contribution < -0.4 is 14.5 Å². The molecule has 4 aliphatic rings. The van der Waals surface area contributed by atoms with Crippen molar-refractivity contribution in [3.05, 3.63) is 94.3 Å². The number of phenols is 1. The third kappa shape index (κ3) is 3.98. The Hall–Kier alpha value is -3.92. The van der Waals surface area contributed by atoms with Gasteiger partial charge in [-0.05, 0) is 73.7 Å². The maximum atomic E-state index is 14.4. The van der Waals surface area contributed by atoms with Gasteiger partial charge in [-0.3, -0.25) is 19.2 Å². The highest BCUT2D eigenvalue weighted by atomic mass is 35.5. The van der Waals surface area contributed by atoms with Gasteiger partial charge in [-0.15, -0.1) is 23.2 Å². The molecule has 6 atom stereocenters. The van der Waals surface area contributed by atoms with Crippen LogP contribution in [0.5, 0.6) is 11.5 Å². The zero-order valence-electron chi connectivity index (χ0n) is 24.5. The van der Waals surface area contributed by atoms with E-state index in [4.69, 9.17) is 39.5 Å². The number of nitrogens with zero attached hydrogens (tertiary/aromatic N) is 2. The molecule has 0 radical (unpaired) electrons. The average molecular weight is 684 g/mol. The summed E-state index contributed by atoms with van der Waals surface area (Å²) in [6.45, 7) is 1.80. The van der Waals surface area contributed by atoms with Gasteiger partial charge in [0.2, 0.25) is 11.8 Å². The fraction of sp³-hybridized carbons (Fsp3) is 0.294. The predicted molar refractivity (Wildman–Crippen MR) is 170 cm³/mol. The molecule has 3 aromatic rings. The smallest absolute Gasteiger partial charge is 0.258 e. The monoisotopic (exact) mass is 682 g/mol. The number of halogens is 4. The third-order valence-corrected chi connectivity index (χ3v) is 11.7. The topological polar surface area (TPSA) is 104 Å². The number of imide groups is 2. The van der Waals surface area contributed by atoms with Crippen LogP contribution in [0.3, 0.4) is 0 Å². The van der Waals surface area contributed by atoms with E-state index in [9.17, 15) is 28.7 Å². The Bertz CT molecular complexity index is 1900. The van der Waals surface area contributed by atoms with Gasteiger partial charge in [0.15, 0.2) is 21.2 Å². The molecule has 2 saturated heterocycles. The van der Waals surface area contributed by atoms with Gasteiger partial charge in [-0.1, -0.05) is 41.4 Å². The maximum Gasteiger partial charge on any atom is 0.258 e. The van der Waals surface area contributed by atoms with E-state index in [0.717, 1.165) is 27.5 Å². The number of phenolic OH excluding ortho intramolecular Hbond substituents is 1. The first-order chi connectivity index (χ1) is 21.8. The molecule has 0 aromatic heterocycles. The van der Waals surface area contributed by atoms with Crippen molar-refractivity contribution in [2.45, 2.75) is 35.4 Å². The number of aromatic hydroxyl groups is 1. The highest BCUT2D eigenvalue weighted by molar-refractivity contribution is 6.58. The number of allylic oxidation sites excluding steroid dienone is 2. The molecular weight excluding hydrogens is 658 g/mol. The molecular formula is C34H26Cl3FN2O6. The number of aryl methyl sites for hydroxylation is 1. The Labute approximate surface area is 278 Å². The summed E-state index contributed by atoms with van der Waals surface area (Å²) < 4.78 is 19.2. The van der Waals surface area contributed by atoms with Crippen LogP contribution in [0.1, 0.15) is 29.9 Å². The predicted octanol–water partition coefficient (Wildman–Crippen LogP) is 6.27. The molecule has 236 valence electrons. The lowest BCUT2D eigenvalue weighted by Crippen LogP contribution is -2.60. The van der Waals surface area contributed by atoms with E-state index in [1.807, 2.05) is 0 Å². The number of hydrogen-bond donors (Lipinski definition) is 1. The van der Waals surface area contributed by atoms with Crippen molar-refractivity contribution in [1.82, 2.24) is 0 Å². The first kappa shape index (κ1) is 30.7. The molecule has 0 spiro atoms. The second-order valence-electron chi connectivity index (χ2n) is 12.1. The van der Waals surface area contributed by atoms with Crippen LogP contribution in [0.2, 0.25) is 5.02 Å². The molecule has 2 aliphatic carbocycles. The summed E-state index contributed by atoms with van der Waals surface area (Å²) in [4.78, 5) is 54.5. The number of alkyl halides is 2. The first-order valence-corrected chi connectivity index (χ1v) is 15.7. The van der Waals surface area contributed by atoms with Crippen LogP contribution in [0.4, 0.5) is 15.8 Å². The number of carbonyl (C=O) groups excluding carboxylic acids is 4. The Morgan fingerprint density at radius 3 is 2.28 bits per heavy atom. The number of fused-ring (bicyclic) bond motifs is 4. The number of hydrogen-bond acceptors (Lipinski definition) is 6. The number of ether oxygens (including phenoxy) is 1. The molecule has 12 heteroatoms. The lowest BCUT2D eigenvalue weighted by molar-refractivity contribution is -0.125. The van der Waals surface area contributed by atoms with Crippen molar-refractivity contribution in [3.8, 4) is 11.5 Å². The Kier molecular flexibility index (Phi) is 7.05. The standard InChI is InChI=1S/C34H26Cl3FN2O6/c1-16-6-9-19(14-24(16)35)39-29(42)21-13-12-20-23(26(21)30(39)43)15-33(36)31(44)40(18-10-7-17(38)8-11-18)32(45)34(33,37)27(20)22-4-3-5-25(46-2)28(22)41/h3-12,14,21,23,26-27,41H,13,15H2,1-2H3/t21-,23+,26-,27+,33+,34-/m0/s1. The van der Waals surface area contributed by atoms with Crippen molar-refractivity contribution >= 4 is 69.8 Å². The summed E-state index contributed by atoms with van der Waals surface area (Å²) >= 11 is 21.1. The van der Waals surface area contributed by atoms with Crippen LogP contribution in [0, 0.1) is 30.5 Å². The fourth-order valence-electron chi connectivity index (χ4n) is 7.66. The number of methoxy groups -OCH3 is 1. The minimum Gasteiger partial charge on any atom is -0.504 e. The fourth-order valence-corrected chi connectivity index (χ4v) is 8.76. The Balaban J connectivity index is 1.41. The number of rotatable bonds is 4. The van der Waals surface area contributed by atoms with Crippen molar-refractivity contribution in [1.29, 1.82) is 0 Å². The molecule has 2 heterocycles. The summed E-state index contributed by atoms with van der Waals surface area (Å²) in [7, 11) is 1.37. The molecule has 8 nitrogen and oxygen atoms in total. The van der Waals surface area contributed by atoms with Crippen molar-refractivity contribution in [2.75, 3.05) is 16.9 Å². The minimum atomic E-state index is -2.19. The van der Waals surface area contributed by atoms with Gasteiger partial charge < -0.3 is 9.84 Å². The number of para-hydroxylation sites is 1. The van der Waals surface area contributed by atoms with Crippen LogP contribution in [-0.2, 0) is 19.2 Å². The SMILES string of the molecule is COc1cccc([C@H]2C3=CC[C@@H]4C(=O)N(c5ccc(C)c(Cl)c5)C(=O)[C@@H]4[C@@H]3C[C@@]3(Cl)C(=O)N(c4ccc(F)cc4)C(=O)[C@@]23Cl)c1O. The molecule has 0 bridgehead atoms. The van der Waals surface area contributed by atoms with Gasteiger partial charge >= 0.3 is 0 Å². The van der Waals surface area contributed by atoms with Gasteiger partial charge in [-0.25, -0.2) is 14.2 Å². The minimum absolute atomic E-state index is 0.0591.